The van der Waals surface area contributed by atoms with E-state index < -0.39 is 0 Å². The van der Waals surface area contributed by atoms with Crippen LogP contribution in [0, 0.1) is 6.92 Å². The Labute approximate surface area is 85.8 Å². The fraction of sp³-hybridized carbons (Fsp3) is 0.455. The SMILES string of the molecule is CC.CC.Cc1cnc2cncn2c1. The molecule has 0 aliphatic carbocycles. The van der Waals surface area contributed by atoms with Crippen molar-refractivity contribution in [1.82, 2.24) is 14.4 Å². The Morgan fingerprint density at radius 2 is 1.71 bits per heavy atom. The molecule has 0 fully saturated rings. The number of rotatable bonds is 0. The number of fused-ring (bicyclic) bond motifs is 1. The van der Waals surface area contributed by atoms with Crippen LogP contribution in [0.2, 0.25) is 0 Å². The highest BCUT2D eigenvalue weighted by Crippen LogP contribution is 1.98. The molecule has 0 N–H and O–H groups in total. The van der Waals surface area contributed by atoms with E-state index in [1.54, 1.807) is 12.5 Å². The lowest BCUT2D eigenvalue weighted by Crippen LogP contribution is -1.85. The second-order valence-electron chi connectivity index (χ2n) is 2.29. The largest absolute Gasteiger partial charge is 0.290 e. The summed E-state index contributed by atoms with van der Waals surface area (Å²) in [6.45, 7) is 10.0. The van der Waals surface area contributed by atoms with E-state index in [-0.39, 0.29) is 0 Å². The molecule has 0 bridgehead atoms. The average Bonchev–Trinajstić information content (AvgIpc) is 2.71. The van der Waals surface area contributed by atoms with Crippen molar-refractivity contribution in [3.8, 4) is 0 Å². The summed E-state index contributed by atoms with van der Waals surface area (Å²) < 4.78 is 1.90. The molecule has 0 spiro atoms. The summed E-state index contributed by atoms with van der Waals surface area (Å²) in [6, 6.07) is 0. The molecule has 2 rings (SSSR count). The van der Waals surface area contributed by atoms with E-state index >= 15 is 0 Å². The minimum atomic E-state index is 0.894. The predicted octanol–water partition coefficient (Wildman–Crippen LogP) is 3.09. The molecule has 3 heteroatoms. The maximum atomic E-state index is 4.14. The van der Waals surface area contributed by atoms with Crippen LogP contribution in [0.5, 0.6) is 0 Å². The van der Waals surface area contributed by atoms with Crippen molar-refractivity contribution in [2.24, 2.45) is 0 Å². The van der Waals surface area contributed by atoms with Crippen molar-refractivity contribution in [3.63, 3.8) is 0 Å². The molecule has 3 nitrogen and oxygen atoms in total. The molecule has 0 aliphatic heterocycles. The van der Waals surface area contributed by atoms with Crippen LogP contribution in [-0.4, -0.2) is 14.4 Å². The molecule has 0 aromatic carbocycles. The average molecular weight is 193 g/mol. The van der Waals surface area contributed by atoms with Gasteiger partial charge in [0.2, 0.25) is 0 Å². The van der Waals surface area contributed by atoms with Crippen molar-refractivity contribution in [2.45, 2.75) is 34.6 Å². The second kappa shape index (κ2) is 7.06. The summed E-state index contributed by atoms with van der Waals surface area (Å²) in [4.78, 5) is 8.08. The Bertz CT molecular complexity index is 352. The molecule has 0 radical (unpaired) electrons. The Morgan fingerprint density at radius 1 is 1.07 bits per heavy atom. The Balaban J connectivity index is 0.000000379. The maximum Gasteiger partial charge on any atom is 0.156 e. The quantitative estimate of drug-likeness (QED) is 0.643. The van der Waals surface area contributed by atoms with Crippen LogP contribution in [0.3, 0.4) is 0 Å². The van der Waals surface area contributed by atoms with Gasteiger partial charge >= 0.3 is 0 Å². The van der Waals surface area contributed by atoms with Gasteiger partial charge in [0.05, 0.1) is 6.20 Å². The zero-order valence-electron chi connectivity index (χ0n) is 9.65. The van der Waals surface area contributed by atoms with Crippen molar-refractivity contribution in [2.75, 3.05) is 0 Å². The van der Waals surface area contributed by atoms with Crippen LogP contribution in [-0.2, 0) is 0 Å². The highest BCUT2D eigenvalue weighted by molar-refractivity contribution is 5.34. The van der Waals surface area contributed by atoms with Crippen LogP contribution in [0.15, 0.2) is 24.9 Å². The van der Waals surface area contributed by atoms with Gasteiger partial charge in [-0.05, 0) is 12.5 Å². The smallest absolute Gasteiger partial charge is 0.156 e. The van der Waals surface area contributed by atoms with E-state index in [0.717, 1.165) is 11.2 Å². The van der Waals surface area contributed by atoms with Crippen LogP contribution < -0.4 is 0 Å². The van der Waals surface area contributed by atoms with Gasteiger partial charge in [-0.2, -0.15) is 0 Å². The van der Waals surface area contributed by atoms with Gasteiger partial charge in [-0.3, -0.25) is 4.40 Å². The third-order valence-corrected chi connectivity index (χ3v) is 1.39. The molecule has 2 aromatic rings. The third kappa shape index (κ3) is 3.17. The number of hydrogen-bond acceptors (Lipinski definition) is 2. The zero-order valence-corrected chi connectivity index (χ0v) is 9.65. The maximum absolute atomic E-state index is 4.14. The van der Waals surface area contributed by atoms with Gasteiger partial charge in [-0.25, -0.2) is 9.97 Å². The normalized spacial score (nSPS) is 8.36. The number of aryl methyl sites for hydroxylation is 1. The molecule has 2 aromatic heterocycles. The first kappa shape index (κ1) is 12.6. The van der Waals surface area contributed by atoms with E-state index in [9.17, 15) is 0 Å². The Morgan fingerprint density at radius 3 is 2.36 bits per heavy atom. The molecule has 0 atom stereocenters. The third-order valence-electron chi connectivity index (χ3n) is 1.39. The predicted molar refractivity (Wildman–Crippen MR) is 60.4 cm³/mol. The summed E-state index contributed by atoms with van der Waals surface area (Å²) in [5.74, 6) is 0. The summed E-state index contributed by atoms with van der Waals surface area (Å²) in [5.41, 5.74) is 2.04. The first-order chi connectivity index (χ1) is 6.86. The van der Waals surface area contributed by atoms with Crippen LogP contribution >= 0.6 is 0 Å². The van der Waals surface area contributed by atoms with E-state index in [4.69, 9.17) is 0 Å². The first-order valence-electron chi connectivity index (χ1n) is 5.10. The molecule has 0 aliphatic rings. The second-order valence-corrected chi connectivity index (χ2v) is 2.29. The fourth-order valence-corrected chi connectivity index (χ4v) is 0.918. The lowest BCUT2D eigenvalue weighted by molar-refractivity contribution is 1.08. The standard InChI is InChI=1S/C7H7N3.2C2H6/c1-6-2-9-7-3-8-5-10(7)4-6;2*1-2/h2-5H,1H3;2*1-2H3. The number of aromatic nitrogens is 3. The molecule has 0 unspecified atom stereocenters. The monoisotopic (exact) mass is 193 g/mol. The van der Waals surface area contributed by atoms with Crippen LogP contribution in [0.25, 0.3) is 5.65 Å². The Kier molecular flexibility index (Phi) is 6.37. The van der Waals surface area contributed by atoms with Gasteiger partial charge in [-0.15, -0.1) is 0 Å². The first-order valence-corrected chi connectivity index (χ1v) is 5.10. The van der Waals surface area contributed by atoms with Gasteiger partial charge in [0.1, 0.15) is 6.33 Å². The molecular formula is C11H19N3. The van der Waals surface area contributed by atoms with E-state index in [1.165, 1.54) is 0 Å². The van der Waals surface area contributed by atoms with Gasteiger partial charge in [0, 0.05) is 12.4 Å². The highest BCUT2D eigenvalue weighted by atomic mass is 15.0. The van der Waals surface area contributed by atoms with Gasteiger partial charge < -0.3 is 0 Å². The zero-order chi connectivity index (χ0) is 11.0. The summed E-state index contributed by atoms with van der Waals surface area (Å²) in [5, 5.41) is 0. The Hall–Kier alpha value is -1.38. The minimum absolute atomic E-state index is 0.894. The minimum Gasteiger partial charge on any atom is -0.290 e. The van der Waals surface area contributed by atoms with Crippen molar-refractivity contribution >= 4 is 5.65 Å². The van der Waals surface area contributed by atoms with Crippen molar-refractivity contribution < 1.29 is 0 Å². The molecule has 0 saturated heterocycles. The molecular weight excluding hydrogens is 174 g/mol. The van der Waals surface area contributed by atoms with E-state index in [1.807, 2.05) is 51.4 Å². The van der Waals surface area contributed by atoms with Crippen molar-refractivity contribution in [1.29, 1.82) is 0 Å². The summed E-state index contributed by atoms with van der Waals surface area (Å²) >= 11 is 0. The molecule has 0 saturated carbocycles. The number of imidazole rings is 1. The van der Waals surface area contributed by atoms with Gasteiger partial charge in [-0.1, -0.05) is 27.7 Å². The highest BCUT2D eigenvalue weighted by Gasteiger charge is 1.91. The number of nitrogens with zero attached hydrogens (tertiary/aromatic N) is 3. The van der Waals surface area contributed by atoms with E-state index in [2.05, 4.69) is 9.97 Å². The summed E-state index contributed by atoms with van der Waals surface area (Å²) in [6.07, 6.45) is 7.31. The molecule has 2 heterocycles. The van der Waals surface area contributed by atoms with Gasteiger partial charge in [0.25, 0.3) is 0 Å². The lowest BCUT2D eigenvalue weighted by Gasteiger charge is -1.92. The topological polar surface area (TPSA) is 30.2 Å². The van der Waals surface area contributed by atoms with E-state index in [0.29, 0.717) is 0 Å². The summed E-state index contributed by atoms with van der Waals surface area (Å²) in [7, 11) is 0. The van der Waals surface area contributed by atoms with Gasteiger partial charge in [0.15, 0.2) is 5.65 Å². The number of hydrogen-bond donors (Lipinski definition) is 0. The molecule has 78 valence electrons. The lowest BCUT2D eigenvalue weighted by atomic mass is 10.4. The molecule has 14 heavy (non-hydrogen) atoms. The molecule has 0 amide bonds. The van der Waals surface area contributed by atoms with Crippen molar-refractivity contribution in [3.05, 3.63) is 30.5 Å². The van der Waals surface area contributed by atoms with Crippen LogP contribution in [0.1, 0.15) is 33.3 Å². The fourth-order valence-electron chi connectivity index (χ4n) is 0.918. The van der Waals surface area contributed by atoms with Crippen LogP contribution in [0.4, 0.5) is 0 Å².